The minimum atomic E-state index is -0.0699. The number of anilines is 1. The first-order chi connectivity index (χ1) is 9.86. The van der Waals surface area contributed by atoms with Gasteiger partial charge < -0.3 is 15.0 Å². The summed E-state index contributed by atoms with van der Waals surface area (Å²) in [7, 11) is 0. The monoisotopic (exact) mass is 291 g/mol. The Kier molecular flexibility index (Phi) is 5.01. The quantitative estimate of drug-likeness (QED) is 0.882. The number of rotatable bonds is 3. The third kappa shape index (κ3) is 4.05. The Bertz CT molecular complexity index is 506. The molecule has 0 bridgehead atoms. The predicted octanol–water partition coefficient (Wildman–Crippen LogP) is 1.32. The fourth-order valence-corrected chi connectivity index (χ4v) is 3.05. The van der Waals surface area contributed by atoms with Crippen molar-refractivity contribution in [2.45, 2.75) is 52.9 Å². The average Bonchev–Trinajstić information content (AvgIpc) is 2.40. The molecule has 1 heterocycles. The lowest BCUT2D eigenvalue weighted by molar-refractivity contribution is -0.928. The largest absolute Gasteiger partial charge is 0.364 e. The first-order valence-electron chi connectivity index (χ1n) is 7.75. The fourth-order valence-electron chi connectivity index (χ4n) is 3.05. The Balaban J connectivity index is 2.02. The Morgan fingerprint density at radius 2 is 1.90 bits per heavy atom. The molecule has 0 spiro atoms. The number of carbonyl (C=O) groups excluding carboxylic acids is 1. The van der Waals surface area contributed by atoms with Crippen molar-refractivity contribution in [3.05, 3.63) is 29.3 Å². The molecule has 1 amide bonds. The number of ether oxygens (including phenoxy) is 1. The third-order valence-electron chi connectivity index (χ3n) is 4.21. The number of carbonyl (C=O) groups is 1. The smallest absolute Gasteiger partial charge is 0.282 e. The van der Waals surface area contributed by atoms with Crippen LogP contribution in [0.1, 0.15) is 31.9 Å². The number of hydrogen-bond donors (Lipinski definition) is 2. The van der Waals surface area contributed by atoms with Gasteiger partial charge in [0.15, 0.2) is 6.04 Å². The van der Waals surface area contributed by atoms with E-state index >= 15 is 0 Å². The first-order valence-corrected chi connectivity index (χ1v) is 7.75. The molecule has 2 rings (SSSR count). The number of nitrogens with one attached hydrogen (secondary N) is 2. The molecule has 0 unspecified atom stereocenters. The van der Waals surface area contributed by atoms with Crippen LogP contribution in [0, 0.1) is 13.8 Å². The van der Waals surface area contributed by atoms with E-state index in [0.29, 0.717) is 0 Å². The Morgan fingerprint density at radius 1 is 1.29 bits per heavy atom. The molecule has 1 saturated heterocycles. The maximum Gasteiger partial charge on any atom is 0.282 e. The number of benzene rings is 1. The van der Waals surface area contributed by atoms with Crippen molar-refractivity contribution in [1.82, 2.24) is 0 Å². The van der Waals surface area contributed by atoms with Crippen LogP contribution in [-0.4, -0.2) is 37.2 Å². The molecule has 1 fully saturated rings. The molecule has 0 aromatic heterocycles. The van der Waals surface area contributed by atoms with Gasteiger partial charge in [0.2, 0.25) is 0 Å². The molecule has 116 valence electrons. The lowest BCUT2D eigenvalue weighted by Crippen LogP contribution is -3.19. The van der Waals surface area contributed by atoms with Crippen molar-refractivity contribution in [3.63, 3.8) is 0 Å². The zero-order valence-corrected chi connectivity index (χ0v) is 13.7. The van der Waals surface area contributed by atoms with E-state index in [1.807, 2.05) is 26.0 Å². The minimum Gasteiger partial charge on any atom is -0.364 e. The predicted molar refractivity (Wildman–Crippen MR) is 84.7 cm³/mol. The van der Waals surface area contributed by atoms with Gasteiger partial charge in [0.05, 0.1) is 0 Å². The van der Waals surface area contributed by atoms with Crippen LogP contribution < -0.4 is 10.2 Å². The van der Waals surface area contributed by atoms with Gasteiger partial charge >= 0.3 is 0 Å². The number of quaternary nitrogens is 1. The van der Waals surface area contributed by atoms with E-state index < -0.39 is 0 Å². The zero-order chi connectivity index (χ0) is 15.6. The van der Waals surface area contributed by atoms with Gasteiger partial charge in [-0.3, -0.25) is 4.79 Å². The molecule has 3 atom stereocenters. The molecule has 1 aliphatic heterocycles. The molecule has 4 nitrogen and oxygen atoms in total. The summed E-state index contributed by atoms with van der Waals surface area (Å²) in [5.41, 5.74) is 3.22. The van der Waals surface area contributed by atoms with Crippen molar-refractivity contribution in [1.29, 1.82) is 0 Å². The Morgan fingerprint density at radius 3 is 2.48 bits per heavy atom. The van der Waals surface area contributed by atoms with Gasteiger partial charge in [0.25, 0.3) is 5.91 Å². The van der Waals surface area contributed by atoms with Crippen molar-refractivity contribution in [2.75, 3.05) is 18.4 Å². The summed E-state index contributed by atoms with van der Waals surface area (Å²) in [6.07, 6.45) is 0.417. The number of hydrogen-bond acceptors (Lipinski definition) is 2. The van der Waals surface area contributed by atoms with Crippen LogP contribution in [0.5, 0.6) is 0 Å². The second kappa shape index (κ2) is 6.58. The molecule has 1 aromatic rings. The van der Waals surface area contributed by atoms with Crippen molar-refractivity contribution in [3.8, 4) is 0 Å². The average molecular weight is 291 g/mol. The van der Waals surface area contributed by atoms with E-state index in [1.165, 1.54) is 10.5 Å². The van der Waals surface area contributed by atoms with Crippen molar-refractivity contribution >= 4 is 11.6 Å². The highest BCUT2D eigenvalue weighted by atomic mass is 16.5. The van der Waals surface area contributed by atoms with Crippen LogP contribution in [0.3, 0.4) is 0 Å². The summed E-state index contributed by atoms with van der Waals surface area (Å²) in [6.45, 7) is 12.0. The molecule has 2 N–H and O–H groups in total. The van der Waals surface area contributed by atoms with Crippen LogP contribution in [0.15, 0.2) is 18.2 Å². The van der Waals surface area contributed by atoms with Crippen LogP contribution in [0.25, 0.3) is 0 Å². The van der Waals surface area contributed by atoms with E-state index in [4.69, 9.17) is 4.74 Å². The van der Waals surface area contributed by atoms with E-state index in [2.05, 4.69) is 32.2 Å². The first kappa shape index (κ1) is 16.0. The van der Waals surface area contributed by atoms with Crippen LogP contribution in [0.4, 0.5) is 5.69 Å². The maximum absolute atomic E-state index is 12.5. The van der Waals surface area contributed by atoms with Crippen molar-refractivity contribution in [2.24, 2.45) is 0 Å². The SMILES string of the molecule is Cc1ccc(NC(=O)[C@@H](C)[NH+]2C[C@@H](C)O[C@H](C)C2)c(C)c1. The van der Waals surface area contributed by atoms with Crippen LogP contribution in [-0.2, 0) is 9.53 Å². The van der Waals surface area contributed by atoms with Gasteiger partial charge in [-0.05, 0) is 46.2 Å². The van der Waals surface area contributed by atoms with Crippen molar-refractivity contribution < 1.29 is 14.4 Å². The lowest BCUT2D eigenvalue weighted by atomic mass is 10.1. The minimum absolute atomic E-state index is 0.0699. The fraction of sp³-hybridized carbons (Fsp3) is 0.588. The highest BCUT2D eigenvalue weighted by molar-refractivity contribution is 5.94. The van der Waals surface area contributed by atoms with Gasteiger partial charge in [-0.15, -0.1) is 0 Å². The highest BCUT2D eigenvalue weighted by Gasteiger charge is 2.33. The van der Waals surface area contributed by atoms with Gasteiger partial charge in [-0.2, -0.15) is 0 Å². The second-order valence-corrected chi connectivity index (χ2v) is 6.35. The normalized spacial score (nSPS) is 27.2. The summed E-state index contributed by atoms with van der Waals surface area (Å²) < 4.78 is 5.74. The third-order valence-corrected chi connectivity index (χ3v) is 4.21. The molecular formula is C17H27N2O2+. The molecule has 21 heavy (non-hydrogen) atoms. The topological polar surface area (TPSA) is 42.8 Å². The van der Waals surface area contributed by atoms with Crippen LogP contribution in [0.2, 0.25) is 0 Å². The molecule has 1 aliphatic rings. The molecule has 4 heteroatoms. The lowest BCUT2D eigenvalue weighted by Gasteiger charge is -2.35. The molecule has 1 aromatic carbocycles. The summed E-state index contributed by atoms with van der Waals surface area (Å²) in [6, 6.07) is 6.03. The molecular weight excluding hydrogens is 264 g/mol. The van der Waals surface area contributed by atoms with E-state index in [9.17, 15) is 4.79 Å². The summed E-state index contributed by atoms with van der Waals surface area (Å²) >= 11 is 0. The van der Waals surface area contributed by atoms with Gasteiger partial charge in [-0.25, -0.2) is 0 Å². The van der Waals surface area contributed by atoms with Gasteiger partial charge in [-0.1, -0.05) is 17.7 Å². The maximum atomic E-state index is 12.5. The zero-order valence-electron chi connectivity index (χ0n) is 13.7. The summed E-state index contributed by atoms with van der Waals surface area (Å²) in [4.78, 5) is 13.8. The summed E-state index contributed by atoms with van der Waals surface area (Å²) in [5.74, 6) is 0.0817. The Hall–Kier alpha value is -1.39. The second-order valence-electron chi connectivity index (χ2n) is 6.35. The highest BCUT2D eigenvalue weighted by Crippen LogP contribution is 2.16. The van der Waals surface area contributed by atoms with Crippen LogP contribution >= 0.6 is 0 Å². The number of aryl methyl sites for hydroxylation is 2. The van der Waals surface area contributed by atoms with E-state index in [0.717, 1.165) is 24.3 Å². The van der Waals surface area contributed by atoms with Gasteiger partial charge in [0, 0.05) is 5.69 Å². The van der Waals surface area contributed by atoms with E-state index in [1.54, 1.807) is 0 Å². The molecule has 0 saturated carbocycles. The molecule has 0 radical (unpaired) electrons. The standard InChI is InChI=1S/C17H26N2O2/c1-11-6-7-16(12(2)8-11)18-17(20)15(5)19-9-13(3)21-14(4)10-19/h6-8,13-15H,9-10H2,1-5H3,(H,18,20)/p+1/t13-,14-,15-/m1/s1. The number of morpholine rings is 1. The van der Waals surface area contributed by atoms with E-state index in [-0.39, 0.29) is 24.2 Å². The Labute approximate surface area is 127 Å². The summed E-state index contributed by atoms with van der Waals surface area (Å²) in [5, 5.41) is 3.06. The molecule has 0 aliphatic carbocycles. The van der Waals surface area contributed by atoms with Gasteiger partial charge in [0.1, 0.15) is 25.3 Å². The number of amides is 1.